The summed E-state index contributed by atoms with van der Waals surface area (Å²) in [7, 11) is 3.84. The van der Waals surface area contributed by atoms with Crippen LogP contribution in [0.1, 0.15) is 32.6 Å². The van der Waals surface area contributed by atoms with E-state index in [0.717, 1.165) is 25.1 Å². The Hall–Kier alpha value is -0.120. The predicted molar refractivity (Wildman–Crippen MR) is 68.8 cm³/mol. The molecule has 1 atom stereocenters. The number of rotatable bonds is 7. The molecule has 16 heavy (non-hydrogen) atoms. The highest BCUT2D eigenvalue weighted by Crippen LogP contribution is 2.20. The molecule has 1 aliphatic heterocycles. The van der Waals surface area contributed by atoms with E-state index in [0.29, 0.717) is 0 Å². The summed E-state index contributed by atoms with van der Waals surface area (Å²) in [5, 5.41) is 3.21. The van der Waals surface area contributed by atoms with Crippen LogP contribution in [0.4, 0.5) is 0 Å². The fourth-order valence-electron chi connectivity index (χ4n) is 2.55. The zero-order valence-corrected chi connectivity index (χ0v) is 11.2. The molecular weight excluding hydrogens is 200 g/mol. The van der Waals surface area contributed by atoms with E-state index in [1.165, 1.54) is 38.8 Å². The van der Waals surface area contributed by atoms with Crippen LogP contribution in [0.3, 0.4) is 0 Å². The van der Waals surface area contributed by atoms with Gasteiger partial charge in [-0.05, 0) is 65.2 Å². The number of nitrogens with one attached hydrogen (secondary N) is 1. The first kappa shape index (κ1) is 13.9. The first-order valence-electron chi connectivity index (χ1n) is 6.65. The number of nitrogens with zero attached hydrogens (tertiary/aromatic N) is 1. The van der Waals surface area contributed by atoms with E-state index in [9.17, 15) is 0 Å². The van der Waals surface area contributed by atoms with E-state index < -0.39 is 0 Å². The van der Waals surface area contributed by atoms with Gasteiger partial charge in [0.15, 0.2) is 0 Å². The lowest BCUT2D eigenvalue weighted by molar-refractivity contribution is 0.0809. The third-order valence-corrected chi connectivity index (χ3v) is 3.72. The Morgan fingerprint density at radius 1 is 1.38 bits per heavy atom. The molecule has 1 aliphatic rings. The Labute approximate surface area is 101 Å². The van der Waals surface area contributed by atoms with E-state index in [-0.39, 0.29) is 0 Å². The zero-order chi connectivity index (χ0) is 11.8. The lowest BCUT2D eigenvalue weighted by atomic mass is 9.96. The van der Waals surface area contributed by atoms with Crippen molar-refractivity contribution in [1.29, 1.82) is 0 Å². The van der Waals surface area contributed by atoms with Crippen molar-refractivity contribution in [2.24, 2.45) is 5.92 Å². The lowest BCUT2D eigenvalue weighted by Crippen LogP contribution is -2.40. The maximum absolute atomic E-state index is 5.23. The van der Waals surface area contributed by atoms with Crippen molar-refractivity contribution in [1.82, 2.24) is 10.2 Å². The smallest absolute Gasteiger partial charge is 0.0491 e. The zero-order valence-electron chi connectivity index (χ0n) is 11.2. The average Bonchev–Trinajstić information content (AvgIpc) is 2.30. The second-order valence-corrected chi connectivity index (χ2v) is 5.03. The van der Waals surface area contributed by atoms with Crippen molar-refractivity contribution in [3.63, 3.8) is 0 Å². The maximum atomic E-state index is 5.23. The standard InChI is InChI=1S/C13H28N2O/c1-12(5-4-8-14-2)15-9-6-13(7-10-15)11-16-3/h12-14H,4-11H2,1-3H3. The third-order valence-electron chi connectivity index (χ3n) is 3.72. The molecule has 0 aromatic rings. The molecular formula is C13H28N2O. The van der Waals surface area contributed by atoms with Gasteiger partial charge in [-0.25, -0.2) is 0 Å². The second-order valence-electron chi connectivity index (χ2n) is 5.03. The Morgan fingerprint density at radius 2 is 2.06 bits per heavy atom. The Morgan fingerprint density at radius 3 is 2.62 bits per heavy atom. The van der Waals surface area contributed by atoms with Crippen LogP contribution in [0.25, 0.3) is 0 Å². The summed E-state index contributed by atoms with van der Waals surface area (Å²) in [5.41, 5.74) is 0. The minimum Gasteiger partial charge on any atom is -0.384 e. The largest absolute Gasteiger partial charge is 0.384 e. The molecule has 1 N–H and O–H groups in total. The fourth-order valence-corrected chi connectivity index (χ4v) is 2.55. The molecule has 3 heteroatoms. The average molecular weight is 228 g/mol. The number of methoxy groups -OCH3 is 1. The van der Waals surface area contributed by atoms with Gasteiger partial charge in [0, 0.05) is 19.8 Å². The molecule has 0 saturated carbocycles. The van der Waals surface area contributed by atoms with Gasteiger partial charge >= 0.3 is 0 Å². The summed E-state index contributed by atoms with van der Waals surface area (Å²) in [4.78, 5) is 2.64. The molecule has 0 aliphatic carbocycles. The predicted octanol–water partition coefficient (Wildman–Crippen LogP) is 1.73. The third kappa shape index (κ3) is 4.81. The summed E-state index contributed by atoms with van der Waals surface area (Å²) in [5.74, 6) is 0.797. The number of piperidine rings is 1. The van der Waals surface area contributed by atoms with Gasteiger partial charge in [-0.3, -0.25) is 0 Å². The van der Waals surface area contributed by atoms with Crippen molar-refractivity contribution in [2.45, 2.75) is 38.6 Å². The molecule has 0 aromatic carbocycles. The summed E-state index contributed by atoms with van der Waals surface area (Å²) in [6.45, 7) is 6.97. The van der Waals surface area contributed by atoms with Crippen LogP contribution < -0.4 is 5.32 Å². The molecule has 0 bridgehead atoms. The number of likely N-dealkylation sites (tertiary alicyclic amines) is 1. The quantitative estimate of drug-likeness (QED) is 0.672. The summed E-state index contributed by atoms with van der Waals surface area (Å²) in [6, 6.07) is 0.747. The minimum absolute atomic E-state index is 0.747. The van der Waals surface area contributed by atoms with E-state index in [2.05, 4.69) is 17.1 Å². The molecule has 0 amide bonds. The molecule has 96 valence electrons. The molecule has 0 aromatic heterocycles. The van der Waals surface area contributed by atoms with Crippen LogP contribution >= 0.6 is 0 Å². The highest BCUT2D eigenvalue weighted by Gasteiger charge is 2.22. The molecule has 1 heterocycles. The van der Waals surface area contributed by atoms with Crippen LogP contribution in [0, 0.1) is 5.92 Å². The van der Waals surface area contributed by atoms with Crippen molar-refractivity contribution < 1.29 is 4.74 Å². The topological polar surface area (TPSA) is 24.5 Å². The minimum atomic E-state index is 0.747. The number of hydrogen-bond acceptors (Lipinski definition) is 3. The van der Waals surface area contributed by atoms with Crippen molar-refractivity contribution in [2.75, 3.05) is 40.4 Å². The molecule has 3 nitrogen and oxygen atoms in total. The van der Waals surface area contributed by atoms with Crippen molar-refractivity contribution in [3.8, 4) is 0 Å². The maximum Gasteiger partial charge on any atom is 0.0491 e. The van der Waals surface area contributed by atoms with Gasteiger partial charge < -0.3 is 15.0 Å². The van der Waals surface area contributed by atoms with Gasteiger partial charge in [0.05, 0.1) is 0 Å². The van der Waals surface area contributed by atoms with Crippen molar-refractivity contribution >= 4 is 0 Å². The first-order valence-corrected chi connectivity index (χ1v) is 6.65. The van der Waals surface area contributed by atoms with E-state index in [1.807, 2.05) is 14.2 Å². The lowest BCUT2D eigenvalue weighted by Gasteiger charge is -2.36. The summed E-state index contributed by atoms with van der Waals surface area (Å²) >= 11 is 0. The molecule has 1 rings (SSSR count). The van der Waals surface area contributed by atoms with Crippen LogP contribution in [-0.4, -0.2) is 51.3 Å². The molecule has 0 spiro atoms. The van der Waals surface area contributed by atoms with E-state index in [1.54, 1.807) is 0 Å². The van der Waals surface area contributed by atoms with Crippen LogP contribution in [0.2, 0.25) is 0 Å². The van der Waals surface area contributed by atoms with Crippen molar-refractivity contribution in [3.05, 3.63) is 0 Å². The van der Waals surface area contributed by atoms with Gasteiger partial charge in [0.25, 0.3) is 0 Å². The first-order chi connectivity index (χ1) is 7.77. The monoisotopic (exact) mass is 228 g/mol. The van der Waals surface area contributed by atoms with Crippen LogP contribution in [0.5, 0.6) is 0 Å². The summed E-state index contributed by atoms with van der Waals surface area (Å²) in [6.07, 6.45) is 5.22. The molecule has 1 saturated heterocycles. The fraction of sp³-hybridized carbons (Fsp3) is 1.00. The SMILES string of the molecule is CNCCCC(C)N1CCC(COC)CC1. The molecule has 1 unspecified atom stereocenters. The van der Waals surface area contributed by atoms with Gasteiger partial charge in [-0.15, -0.1) is 0 Å². The van der Waals surface area contributed by atoms with E-state index >= 15 is 0 Å². The van der Waals surface area contributed by atoms with Gasteiger partial charge in [-0.2, -0.15) is 0 Å². The Kier molecular flexibility index (Phi) is 7.01. The normalized spacial score (nSPS) is 21.2. The van der Waals surface area contributed by atoms with Crippen LogP contribution in [-0.2, 0) is 4.74 Å². The second kappa shape index (κ2) is 8.04. The Bertz CT molecular complexity index is 167. The van der Waals surface area contributed by atoms with Crippen LogP contribution in [0.15, 0.2) is 0 Å². The summed E-state index contributed by atoms with van der Waals surface area (Å²) < 4.78 is 5.23. The molecule has 1 fully saturated rings. The molecule has 0 radical (unpaired) electrons. The highest BCUT2D eigenvalue weighted by molar-refractivity contribution is 4.76. The van der Waals surface area contributed by atoms with Gasteiger partial charge in [-0.1, -0.05) is 0 Å². The number of ether oxygens (including phenoxy) is 1. The van der Waals surface area contributed by atoms with E-state index in [4.69, 9.17) is 4.74 Å². The van der Waals surface area contributed by atoms with Gasteiger partial charge in [0.1, 0.15) is 0 Å². The Balaban J connectivity index is 2.14. The number of hydrogen-bond donors (Lipinski definition) is 1. The highest BCUT2D eigenvalue weighted by atomic mass is 16.5. The van der Waals surface area contributed by atoms with Gasteiger partial charge in [0.2, 0.25) is 0 Å².